The standard InChI is InChI=1S/C15H19BrFNO2/c16-13-4-3-12(17)10-11(13)2-5-14(20)18-15(8-9-19)6-1-7-15/h3-4,10,19H,1-2,5-9H2,(H,18,20). The number of rotatable bonds is 6. The van der Waals surface area contributed by atoms with Crippen molar-refractivity contribution in [3.8, 4) is 0 Å². The summed E-state index contributed by atoms with van der Waals surface area (Å²) in [6, 6.07) is 4.49. The van der Waals surface area contributed by atoms with Gasteiger partial charge in [0.15, 0.2) is 0 Å². The van der Waals surface area contributed by atoms with E-state index in [1.165, 1.54) is 12.1 Å². The van der Waals surface area contributed by atoms with Gasteiger partial charge in [0, 0.05) is 23.0 Å². The molecule has 0 radical (unpaired) electrons. The quantitative estimate of drug-likeness (QED) is 0.834. The predicted molar refractivity (Wildman–Crippen MR) is 78.8 cm³/mol. The average molecular weight is 344 g/mol. The van der Waals surface area contributed by atoms with Crippen LogP contribution in [-0.2, 0) is 11.2 Å². The number of aliphatic hydroxyl groups excluding tert-OH is 1. The number of aryl methyl sites for hydroxylation is 1. The average Bonchev–Trinajstić information content (AvgIpc) is 2.37. The molecule has 0 spiro atoms. The normalized spacial score (nSPS) is 16.6. The fourth-order valence-corrected chi connectivity index (χ4v) is 3.04. The molecule has 1 saturated carbocycles. The van der Waals surface area contributed by atoms with Crippen LogP contribution in [0.15, 0.2) is 22.7 Å². The number of hydrogen-bond acceptors (Lipinski definition) is 2. The maximum absolute atomic E-state index is 13.2. The Labute approximate surface area is 126 Å². The molecule has 1 aromatic carbocycles. The van der Waals surface area contributed by atoms with Crippen molar-refractivity contribution in [2.24, 2.45) is 0 Å². The summed E-state index contributed by atoms with van der Waals surface area (Å²) in [5, 5.41) is 12.1. The van der Waals surface area contributed by atoms with Crippen molar-refractivity contribution in [2.45, 2.75) is 44.1 Å². The molecule has 0 aromatic heterocycles. The molecule has 0 aliphatic heterocycles. The van der Waals surface area contributed by atoms with Crippen molar-refractivity contribution in [2.75, 3.05) is 6.61 Å². The van der Waals surface area contributed by atoms with Crippen molar-refractivity contribution in [1.29, 1.82) is 0 Å². The number of carbonyl (C=O) groups excluding carboxylic acids is 1. The van der Waals surface area contributed by atoms with Gasteiger partial charge in [0.2, 0.25) is 5.91 Å². The van der Waals surface area contributed by atoms with Crippen LogP contribution >= 0.6 is 15.9 Å². The first-order valence-electron chi connectivity index (χ1n) is 6.90. The van der Waals surface area contributed by atoms with Crippen LogP contribution in [0.2, 0.25) is 0 Å². The van der Waals surface area contributed by atoms with E-state index in [1.54, 1.807) is 6.07 Å². The lowest BCUT2D eigenvalue weighted by atomic mass is 9.74. The molecule has 1 aliphatic carbocycles. The Kier molecular flexibility index (Phi) is 5.16. The Morgan fingerprint density at radius 2 is 2.20 bits per heavy atom. The third kappa shape index (κ3) is 3.79. The maximum atomic E-state index is 13.2. The highest BCUT2D eigenvalue weighted by atomic mass is 79.9. The molecule has 0 unspecified atom stereocenters. The Morgan fingerprint density at radius 3 is 2.80 bits per heavy atom. The van der Waals surface area contributed by atoms with Gasteiger partial charge in [-0.3, -0.25) is 4.79 Å². The van der Waals surface area contributed by atoms with Gasteiger partial charge >= 0.3 is 0 Å². The molecule has 3 nitrogen and oxygen atoms in total. The topological polar surface area (TPSA) is 49.3 Å². The van der Waals surface area contributed by atoms with E-state index in [1.807, 2.05) is 0 Å². The summed E-state index contributed by atoms with van der Waals surface area (Å²) in [5.74, 6) is -0.325. The van der Waals surface area contributed by atoms with Crippen LogP contribution in [0.1, 0.15) is 37.7 Å². The van der Waals surface area contributed by atoms with Crippen molar-refractivity contribution in [3.63, 3.8) is 0 Å². The first kappa shape index (κ1) is 15.4. The van der Waals surface area contributed by atoms with Crippen molar-refractivity contribution >= 4 is 21.8 Å². The van der Waals surface area contributed by atoms with E-state index in [2.05, 4.69) is 21.2 Å². The number of benzene rings is 1. The summed E-state index contributed by atoms with van der Waals surface area (Å²) < 4.78 is 14.0. The molecule has 0 bridgehead atoms. The molecule has 110 valence electrons. The van der Waals surface area contributed by atoms with Gasteiger partial charge in [-0.2, -0.15) is 0 Å². The summed E-state index contributed by atoms with van der Waals surface area (Å²) in [5.41, 5.74) is 0.593. The minimum absolute atomic E-state index is 0.0330. The Morgan fingerprint density at radius 1 is 1.45 bits per heavy atom. The summed E-state index contributed by atoms with van der Waals surface area (Å²) in [6.07, 6.45) is 4.40. The molecular formula is C15H19BrFNO2. The fourth-order valence-electron chi connectivity index (χ4n) is 2.60. The zero-order chi connectivity index (χ0) is 14.6. The fraction of sp³-hybridized carbons (Fsp3) is 0.533. The van der Waals surface area contributed by atoms with Gasteiger partial charge in [-0.15, -0.1) is 0 Å². The van der Waals surface area contributed by atoms with Crippen LogP contribution < -0.4 is 5.32 Å². The highest BCUT2D eigenvalue weighted by Crippen LogP contribution is 2.34. The van der Waals surface area contributed by atoms with Gasteiger partial charge in [0.05, 0.1) is 0 Å². The predicted octanol–water partition coefficient (Wildman–Crippen LogP) is 2.94. The Bertz CT molecular complexity index is 489. The van der Waals surface area contributed by atoms with Crippen molar-refractivity contribution in [3.05, 3.63) is 34.1 Å². The minimum atomic E-state index is -0.292. The lowest BCUT2D eigenvalue weighted by Gasteiger charge is -2.42. The highest BCUT2D eigenvalue weighted by molar-refractivity contribution is 9.10. The molecule has 0 heterocycles. The number of amides is 1. The summed E-state index contributed by atoms with van der Waals surface area (Å²) in [4.78, 5) is 12.0. The second-order valence-corrected chi connectivity index (χ2v) is 6.25. The minimum Gasteiger partial charge on any atom is -0.396 e. The lowest BCUT2D eigenvalue weighted by molar-refractivity contribution is -0.124. The zero-order valence-electron chi connectivity index (χ0n) is 11.3. The number of nitrogens with one attached hydrogen (secondary N) is 1. The monoisotopic (exact) mass is 343 g/mol. The molecule has 0 saturated heterocycles. The van der Waals surface area contributed by atoms with E-state index < -0.39 is 0 Å². The summed E-state index contributed by atoms with van der Waals surface area (Å²) in [6.45, 7) is 0.0930. The SMILES string of the molecule is O=C(CCc1cc(F)ccc1Br)NC1(CCO)CCC1. The summed E-state index contributed by atoms with van der Waals surface area (Å²) in [7, 11) is 0. The lowest BCUT2D eigenvalue weighted by Crippen LogP contribution is -2.54. The smallest absolute Gasteiger partial charge is 0.220 e. The largest absolute Gasteiger partial charge is 0.396 e. The van der Waals surface area contributed by atoms with E-state index in [-0.39, 0.29) is 23.9 Å². The van der Waals surface area contributed by atoms with Crippen LogP contribution in [0.3, 0.4) is 0 Å². The van der Waals surface area contributed by atoms with Crippen LogP contribution in [0, 0.1) is 5.82 Å². The first-order chi connectivity index (χ1) is 9.54. The number of hydrogen-bond donors (Lipinski definition) is 2. The second-order valence-electron chi connectivity index (χ2n) is 5.39. The molecule has 1 aliphatic rings. The Balaban J connectivity index is 1.87. The zero-order valence-corrected chi connectivity index (χ0v) is 12.9. The molecule has 1 aromatic rings. The molecule has 1 amide bonds. The van der Waals surface area contributed by atoms with Crippen LogP contribution in [-0.4, -0.2) is 23.2 Å². The Hall–Kier alpha value is -0.940. The first-order valence-corrected chi connectivity index (χ1v) is 7.70. The van der Waals surface area contributed by atoms with Crippen LogP contribution in [0.5, 0.6) is 0 Å². The van der Waals surface area contributed by atoms with E-state index in [4.69, 9.17) is 5.11 Å². The molecule has 2 N–H and O–H groups in total. The van der Waals surface area contributed by atoms with Gasteiger partial charge < -0.3 is 10.4 Å². The van der Waals surface area contributed by atoms with Crippen molar-refractivity contribution < 1.29 is 14.3 Å². The van der Waals surface area contributed by atoms with Gasteiger partial charge in [0.25, 0.3) is 0 Å². The maximum Gasteiger partial charge on any atom is 0.220 e. The van der Waals surface area contributed by atoms with Gasteiger partial charge in [-0.25, -0.2) is 4.39 Å². The third-order valence-electron chi connectivity index (χ3n) is 3.93. The van der Waals surface area contributed by atoms with Crippen LogP contribution in [0.25, 0.3) is 0 Å². The molecular weight excluding hydrogens is 325 g/mol. The molecule has 20 heavy (non-hydrogen) atoms. The van der Waals surface area contributed by atoms with Crippen LogP contribution in [0.4, 0.5) is 4.39 Å². The van der Waals surface area contributed by atoms with Crippen molar-refractivity contribution in [1.82, 2.24) is 5.32 Å². The second kappa shape index (κ2) is 6.68. The van der Waals surface area contributed by atoms with E-state index in [0.29, 0.717) is 19.3 Å². The van der Waals surface area contributed by atoms with E-state index in [0.717, 1.165) is 29.3 Å². The molecule has 1 fully saturated rings. The molecule has 0 atom stereocenters. The number of aliphatic hydroxyl groups is 1. The van der Waals surface area contributed by atoms with Gasteiger partial charge in [-0.1, -0.05) is 15.9 Å². The van der Waals surface area contributed by atoms with Gasteiger partial charge in [0.1, 0.15) is 5.82 Å². The van der Waals surface area contributed by atoms with E-state index >= 15 is 0 Å². The number of halogens is 2. The molecule has 5 heteroatoms. The summed E-state index contributed by atoms with van der Waals surface area (Å²) >= 11 is 3.36. The number of carbonyl (C=O) groups is 1. The highest BCUT2D eigenvalue weighted by Gasteiger charge is 2.37. The molecule has 2 rings (SSSR count). The third-order valence-corrected chi connectivity index (χ3v) is 4.71. The van der Waals surface area contributed by atoms with Gasteiger partial charge in [-0.05, 0) is 55.9 Å². The van der Waals surface area contributed by atoms with E-state index in [9.17, 15) is 9.18 Å².